The zero-order valence-corrected chi connectivity index (χ0v) is 5.47. The molecule has 0 bridgehead atoms. The highest BCUT2D eigenvalue weighted by Crippen LogP contribution is 2.07. The van der Waals surface area contributed by atoms with Crippen LogP contribution in [0.25, 0.3) is 0 Å². The van der Waals surface area contributed by atoms with Gasteiger partial charge < -0.3 is 4.74 Å². The van der Waals surface area contributed by atoms with Crippen molar-refractivity contribution in [2.75, 3.05) is 13.2 Å². The predicted molar refractivity (Wildman–Crippen MR) is 36.9 cm³/mol. The summed E-state index contributed by atoms with van der Waals surface area (Å²) in [7, 11) is 0. The maximum Gasteiger partial charge on any atom is 0.0827 e. The SMILES string of the molecule is C=C=N[C@@H]1CCCOC1. The van der Waals surface area contributed by atoms with Crippen LogP contribution in [0.15, 0.2) is 11.6 Å². The fourth-order valence-corrected chi connectivity index (χ4v) is 0.955. The fraction of sp³-hybridized carbons (Fsp3) is 0.714. The van der Waals surface area contributed by atoms with Crippen molar-refractivity contribution < 1.29 is 4.74 Å². The summed E-state index contributed by atoms with van der Waals surface area (Å²) in [4.78, 5) is 4.00. The van der Waals surface area contributed by atoms with E-state index in [1.165, 1.54) is 0 Å². The van der Waals surface area contributed by atoms with Crippen LogP contribution in [0, 0.1) is 0 Å². The molecule has 2 heteroatoms. The topological polar surface area (TPSA) is 21.6 Å². The van der Waals surface area contributed by atoms with E-state index in [1.807, 2.05) is 0 Å². The molecule has 9 heavy (non-hydrogen) atoms. The zero-order chi connectivity index (χ0) is 6.53. The van der Waals surface area contributed by atoms with E-state index in [9.17, 15) is 0 Å². The Morgan fingerprint density at radius 1 is 1.67 bits per heavy atom. The Hall–Kier alpha value is -0.590. The van der Waals surface area contributed by atoms with E-state index < -0.39 is 0 Å². The highest BCUT2D eigenvalue weighted by molar-refractivity contribution is 5.46. The van der Waals surface area contributed by atoms with E-state index in [0.717, 1.165) is 26.1 Å². The van der Waals surface area contributed by atoms with Gasteiger partial charge in [-0.3, -0.25) is 0 Å². The maximum atomic E-state index is 5.17. The second-order valence-electron chi connectivity index (χ2n) is 2.16. The zero-order valence-electron chi connectivity index (χ0n) is 5.47. The number of aliphatic imine (C=N–C) groups is 1. The minimum atomic E-state index is 0.330. The molecule has 1 aliphatic rings. The van der Waals surface area contributed by atoms with Crippen molar-refractivity contribution in [3.05, 3.63) is 6.58 Å². The second-order valence-corrected chi connectivity index (χ2v) is 2.16. The first-order valence-corrected chi connectivity index (χ1v) is 3.23. The minimum absolute atomic E-state index is 0.330. The monoisotopic (exact) mass is 125 g/mol. The standard InChI is InChI=1S/C7H11NO/c1-2-8-7-4-3-5-9-6-7/h7H,1,3-6H2/t7-/m1/s1. The van der Waals surface area contributed by atoms with Gasteiger partial charge in [-0.15, -0.1) is 0 Å². The molecule has 1 rings (SSSR count). The van der Waals surface area contributed by atoms with E-state index in [-0.39, 0.29) is 0 Å². The Morgan fingerprint density at radius 2 is 2.56 bits per heavy atom. The van der Waals surface area contributed by atoms with E-state index in [2.05, 4.69) is 17.4 Å². The van der Waals surface area contributed by atoms with Gasteiger partial charge in [0.05, 0.1) is 12.6 Å². The van der Waals surface area contributed by atoms with Crippen LogP contribution in [0.5, 0.6) is 0 Å². The third-order valence-electron chi connectivity index (χ3n) is 1.41. The van der Waals surface area contributed by atoms with Gasteiger partial charge in [0, 0.05) is 6.61 Å². The summed E-state index contributed by atoms with van der Waals surface area (Å²) >= 11 is 0. The van der Waals surface area contributed by atoms with E-state index in [0.29, 0.717) is 6.04 Å². The van der Waals surface area contributed by atoms with Gasteiger partial charge in [0.15, 0.2) is 0 Å². The Morgan fingerprint density at radius 3 is 3.11 bits per heavy atom. The molecule has 0 aromatic carbocycles. The van der Waals surface area contributed by atoms with Crippen LogP contribution in [0.1, 0.15) is 12.8 Å². The number of nitrogens with zero attached hydrogens (tertiary/aromatic N) is 1. The lowest BCUT2D eigenvalue weighted by Crippen LogP contribution is -2.19. The van der Waals surface area contributed by atoms with Gasteiger partial charge in [-0.05, 0) is 25.3 Å². The summed E-state index contributed by atoms with van der Waals surface area (Å²) in [5, 5.41) is 0. The Balaban J connectivity index is 2.31. The number of ether oxygens (including phenoxy) is 1. The summed E-state index contributed by atoms with van der Waals surface area (Å²) < 4.78 is 5.17. The molecule has 0 unspecified atom stereocenters. The molecule has 0 saturated carbocycles. The molecule has 0 spiro atoms. The molecule has 1 heterocycles. The average molecular weight is 125 g/mol. The van der Waals surface area contributed by atoms with Crippen molar-refractivity contribution in [3.63, 3.8) is 0 Å². The van der Waals surface area contributed by atoms with Crippen LogP contribution in [-0.2, 0) is 4.74 Å². The fourth-order valence-electron chi connectivity index (χ4n) is 0.955. The molecule has 0 aliphatic carbocycles. The molecule has 2 nitrogen and oxygen atoms in total. The lowest BCUT2D eigenvalue weighted by Gasteiger charge is -2.16. The third-order valence-corrected chi connectivity index (χ3v) is 1.41. The molecule has 1 fully saturated rings. The molecular weight excluding hydrogens is 114 g/mol. The van der Waals surface area contributed by atoms with Crippen molar-refractivity contribution in [3.8, 4) is 0 Å². The molecule has 0 amide bonds. The molecule has 0 aromatic rings. The number of hydrogen-bond donors (Lipinski definition) is 0. The van der Waals surface area contributed by atoms with Gasteiger partial charge in [0.25, 0.3) is 0 Å². The van der Waals surface area contributed by atoms with Crippen molar-refractivity contribution >= 4 is 5.87 Å². The summed E-state index contributed by atoms with van der Waals surface area (Å²) in [5.41, 5.74) is 0. The van der Waals surface area contributed by atoms with Crippen LogP contribution >= 0.6 is 0 Å². The molecular formula is C7H11NO. The van der Waals surface area contributed by atoms with Gasteiger partial charge in [-0.2, -0.15) is 0 Å². The van der Waals surface area contributed by atoms with Gasteiger partial charge in [-0.1, -0.05) is 0 Å². The minimum Gasteiger partial charge on any atom is -0.379 e. The molecule has 0 N–H and O–H groups in total. The van der Waals surface area contributed by atoms with Crippen LogP contribution in [-0.4, -0.2) is 25.1 Å². The Kier molecular flexibility index (Phi) is 2.49. The quantitative estimate of drug-likeness (QED) is 0.479. The number of hydrogen-bond acceptors (Lipinski definition) is 2. The first-order valence-electron chi connectivity index (χ1n) is 3.23. The lowest BCUT2D eigenvalue weighted by atomic mass is 10.1. The van der Waals surface area contributed by atoms with Gasteiger partial charge >= 0.3 is 0 Å². The summed E-state index contributed by atoms with van der Waals surface area (Å²) in [6.45, 7) is 5.05. The van der Waals surface area contributed by atoms with E-state index >= 15 is 0 Å². The van der Waals surface area contributed by atoms with Crippen LogP contribution in [0.4, 0.5) is 0 Å². The summed E-state index contributed by atoms with van der Waals surface area (Å²) in [6.07, 6.45) is 2.25. The normalized spacial score (nSPS) is 26.9. The van der Waals surface area contributed by atoms with Crippen molar-refractivity contribution in [2.24, 2.45) is 4.99 Å². The van der Waals surface area contributed by atoms with E-state index in [4.69, 9.17) is 4.74 Å². The summed E-state index contributed by atoms with van der Waals surface area (Å²) in [6, 6.07) is 0.330. The Bertz CT molecular complexity index is 121. The molecule has 1 aliphatic heterocycles. The predicted octanol–water partition coefficient (Wildman–Crippen LogP) is 1.02. The van der Waals surface area contributed by atoms with Crippen LogP contribution in [0.2, 0.25) is 0 Å². The maximum absolute atomic E-state index is 5.17. The first kappa shape index (κ1) is 6.53. The third kappa shape index (κ3) is 2.00. The lowest BCUT2D eigenvalue weighted by molar-refractivity contribution is 0.0831. The van der Waals surface area contributed by atoms with Crippen LogP contribution in [0.3, 0.4) is 0 Å². The van der Waals surface area contributed by atoms with Crippen LogP contribution < -0.4 is 0 Å². The smallest absolute Gasteiger partial charge is 0.0827 e. The van der Waals surface area contributed by atoms with E-state index in [1.54, 1.807) is 0 Å². The first-order chi connectivity index (χ1) is 4.43. The summed E-state index contributed by atoms with van der Waals surface area (Å²) in [5.74, 6) is 2.53. The average Bonchev–Trinajstić information content (AvgIpc) is 1.91. The molecule has 50 valence electrons. The second kappa shape index (κ2) is 3.44. The van der Waals surface area contributed by atoms with Crippen molar-refractivity contribution in [1.29, 1.82) is 0 Å². The molecule has 1 atom stereocenters. The Labute approximate surface area is 55.2 Å². The highest BCUT2D eigenvalue weighted by atomic mass is 16.5. The number of rotatable bonds is 1. The molecule has 0 radical (unpaired) electrons. The van der Waals surface area contributed by atoms with Gasteiger partial charge in [-0.25, -0.2) is 4.99 Å². The highest BCUT2D eigenvalue weighted by Gasteiger charge is 2.10. The van der Waals surface area contributed by atoms with Gasteiger partial charge in [0.2, 0.25) is 0 Å². The van der Waals surface area contributed by atoms with Crippen molar-refractivity contribution in [2.45, 2.75) is 18.9 Å². The largest absolute Gasteiger partial charge is 0.379 e. The molecule has 1 saturated heterocycles. The van der Waals surface area contributed by atoms with Crippen molar-refractivity contribution in [1.82, 2.24) is 0 Å². The molecule has 0 aromatic heterocycles. The van der Waals surface area contributed by atoms with Gasteiger partial charge in [0.1, 0.15) is 0 Å².